The lowest BCUT2D eigenvalue weighted by molar-refractivity contribution is -0.277. The molecule has 12 nitrogen and oxygen atoms in total. The van der Waals surface area contributed by atoms with Gasteiger partial charge in [-0.15, -0.1) is 12.4 Å². The van der Waals surface area contributed by atoms with E-state index in [9.17, 15) is 40.9 Å². The molecule has 1 fully saturated rings. The zero-order chi connectivity index (χ0) is 23.2. The van der Waals surface area contributed by atoms with Gasteiger partial charge in [-0.1, -0.05) is 0 Å². The van der Waals surface area contributed by atoms with E-state index >= 15 is 0 Å². The van der Waals surface area contributed by atoms with Crippen LogP contribution in [0.15, 0.2) is 40.8 Å². The fourth-order valence-electron chi connectivity index (χ4n) is 3.43. The van der Waals surface area contributed by atoms with Crippen molar-refractivity contribution in [1.29, 1.82) is 0 Å². The van der Waals surface area contributed by atoms with E-state index in [-0.39, 0.29) is 63.2 Å². The van der Waals surface area contributed by atoms with Gasteiger partial charge in [0.2, 0.25) is 12.0 Å². The molecule has 0 aliphatic carbocycles. The highest BCUT2D eigenvalue weighted by Crippen LogP contribution is 2.42. The van der Waals surface area contributed by atoms with Gasteiger partial charge in [0, 0.05) is 18.2 Å². The highest BCUT2D eigenvalue weighted by molar-refractivity contribution is 5.88. The van der Waals surface area contributed by atoms with Crippen molar-refractivity contribution in [1.82, 2.24) is 0 Å². The second-order valence-electron chi connectivity index (χ2n) is 7.34. The average molecular weight is 504 g/mol. The van der Waals surface area contributed by atoms with Crippen LogP contribution in [0.3, 0.4) is 0 Å². The Morgan fingerprint density at radius 3 is 2.21 bits per heavy atom. The first-order chi connectivity index (χ1) is 15.2. The number of rotatable bonds is 4. The van der Waals surface area contributed by atoms with E-state index in [4.69, 9.17) is 13.9 Å². The molecule has 3 aromatic rings. The molecule has 0 saturated carbocycles. The molecule has 186 valence electrons. The minimum absolute atomic E-state index is 0. The molecule has 2 heterocycles. The number of aliphatic hydroxyl groups excluding tert-OH is 4. The molecule has 1 unspecified atom stereocenters. The number of aromatic hydroxyl groups is 4. The fourth-order valence-corrected chi connectivity index (χ4v) is 3.43. The minimum Gasteiger partial charge on any atom is -0.507 e. The Balaban J connectivity index is 0.00000204. The maximum atomic E-state index is 10.3. The summed E-state index contributed by atoms with van der Waals surface area (Å²) in [7, 11) is 0. The predicted molar refractivity (Wildman–Crippen MR) is 118 cm³/mol. The highest BCUT2D eigenvalue weighted by Gasteiger charge is 2.45. The topological polar surface area (TPSA) is 223 Å². The van der Waals surface area contributed by atoms with Gasteiger partial charge in [0.1, 0.15) is 41.3 Å². The SMILES string of the molecule is Cl.O.OC[C@H]1OC(Oc2cc3c(O)cc(O)cc3[o+]c2-c2ccc(O)c(O)c2)[C@H](O)[C@@H](O)[C@@H]1O. The van der Waals surface area contributed by atoms with Crippen LogP contribution in [-0.2, 0) is 4.74 Å². The molecule has 1 aromatic heterocycles. The maximum absolute atomic E-state index is 10.3. The van der Waals surface area contributed by atoms with Gasteiger partial charge in [0.05, 0.1) is 18.2 Å². The molecular formula is C21H24ClO12+. The molecule has 0 spiro atoms. The van der Waals surface area contributed by atoms with Gasteiger partial charge in [-0.25, -0.2) is 4.42 Å². The molecule has 1 aliphatic rings. The van der Waals surface area contributed by atoms with E-state index in [1.165, 1.54) is 30.3 Å². The third-order valence-corrected chi connectivity index (χ3v) is 5.15. The van der Waals surface area contributed by atoms with E-state index in [2.05, 4.69) is 0 Å². The predicted octanol–water partition coefficient (Wildman–Crippen LogP) is -0.0209. The summed E-state index contributed by atoms with van der Waals surface area (Å²) in [4.78, 5) is 0. The number of phenolic OH excluding ortho intramolecular Hbond substituents is 4. The number of hydrogen-bond acceptors (Lipinski definition) is 10. The van der Waals surface area contributed by atoms with Crippen LogP contribution in [0, 0.1) is 0 Å². The van der Waals surface area contributed by atoms with Crippen molar-refractivity contribution < 1.29 is 60.2 Å². The van der Waals surface area contributed by atoms with Crippen molar-refractivity contribution in [3.8, 4) is 40.1 Å². The minimum atomic E-state index is -1.71. The maximum Gasteiger partial charge on any atom is 0.402 e. The zero-order valence-electron chi connectivity index (χ0n) is 17.3. The standard InChI is InChI=1S/C21H20O11.ClH.H2O/c22-7-16-17(27)18(28)19(29)21(32-16)31-15-6-10-12(25)4-9(23)5-14(10)30-20(15)8-1-2-11(24)13(26)3-8;;/h1-6,16-19,21-22,27-29H,7H2,(H3-,23,24,25,26);1H;1H2/p+1/t16-,17-,18+,19-,21?;;/m1../s1. The number of phenols is 4. The lowest BCUT2D eigenvalue weighted by Gasteiger charge is -2.39. The number of ether oxygens (including phenoxy) is 2. The first-order valence-corrected chi connectivity index (χ1v) is 9.52. The summed E-state index contributed by atoms with van der Waals surface area (Å²) in [6, 6.07) is 7.37. The summed E-state index contributed by atoms with van der Waals surface area (Å²) in [5.41, 5.74) is 0.260. The number of aliphatic hydroxyl groups is 4. The van der Waals surface area contributed by atoms with Crippen LogP contribution in [0.5, 0.6) is 28.7 Å². The smallest absolute Gasteiger partial charge is 0.402 e. The quantitative estimate of drug-likeness (QED) is 0.174. The van der Waals surface area contributed by atoms with Crippen molar-refractivity contribution in [2.45, 2.75) is 30.7 Å². The van der Waals surface area contributed by atoms with E-state index in [1.54, 1.807) is 0 Å². The highest BCUT2D eigenvalue weighted by atomic mass is 35.5. The molecule has 13 heteroatoms. The Hall–Kier alpha value is -3.10. The first kappa shape index (κ1) is 27.1. The first-order valence-electron chi connectivity index (χ1n) is 9.52. The van der Waals surface area contributed by atoms with Crippen LogP contribution in [0.1, 0.15) is 0 Å². The second-order valence-corrected chi connectivity index (χ2v) is 7.34. The summed E-state index contributed by atoms with van der Waals surface area (Å²) in [6.45, 7) is -0.661. The van der Waals surface area contributed by atoms with E-state index in [1.807, 2.05) is 0 Å². The molecule has 5 atom stereocenters. The fraction of sp³-hybridized carbons (Fsp3) is 0.286. The van der Waals surface area contributed by atoms with Crippen LogP contribution < -0.4 is 4.74 Å². The van der Waals surface area contributed by atoms with Crippen LogP contribution in [0.2, 0.25) is 0 Å². The lowest BCUT2D eigenvalue weighted by atomic mass is 9.99. The Morgan fingerprint density at radius 1 is 0.853 bits per heavy atom. The molecule has 4 rings (SSSR count). The third-order valence-electron chi connectivity index (χ3n) is 5.15. The van der Waals surface area contributed by atoms with Gasteiger partial charge in [-0.3, -0.25) is 0 Å². The third kappa shape index (κ3) is 4.88. The molecule has 0 bridgehead atoms. The molecule has 1 aliphatic heterocycles. The molecular weight excluding hydrogens is 480 g/mol. The van der Waals surface area contributed by atoms with E-state index in [0.717, 1.165) is 6.07 Å². The summed E-state index contributed by atoms with van der Waals surface area (Å²) < 4.78 is 16.8. The van der Waals surface area contributed by atoms with Crippen LogP contribution in [-0.4, -0.2) is 83.6 Å². The van der Waals surface area contributed by atoms with Gasteiger partial charge in [-0.2, -0.15) is 0 Å². The summed E-state index contributed by atoms with van der Waals surface area (Å²) in [5, 5.41) is 79.2. The van der Waals surface area contributed by atoms with Gasteiger partial charge < -0.3 is 55.8 Å². The van der Waals surface area contributed by atoms with Gasteiger partial charge in [-0.05, 0) is 12.1 Å². The Morgan fingerprint density at radius 2 is 1.56 bits per heavy atom. The van der Waals surface area contributed by atoms with Crippen LogP contribution >= 0.6 is 12.4 Å². The Bertz CT molecular complexity index is 1150. The second kappa shape index (κ2) is 10.4. The molecule has 2 aromatic carbocycles. The number of fused-ring (bicyclic) bond motifs is 1. The molecule has 1 saturated heterocycles. The molecule has 0 radical (unpaired) electrons. The van der Waals surface area contributed by atoms with Gasteiger partial charge >= 0.3 is 11.3 Å². The van der Waals surface area contributed by atoms with Crippen LogP contribution in [0.4, 0.5) is 0 Å². The van der Waals surface area contributed by atoms with Crippen molar-refractivity contribution >= 4 is 23.4 Å². The van der Waals surface area contributed by atoms with E-state index in [0.29, 0.717) is 0 Å². The monoisotopic (exact) mass is 503 g/mol. The molecule has 34 heavy (non-hydrogen) atoms. The van der Waals surface area contributed by atoms with Gasteiger partial charge in [0.15, 0.2) is 11.5 Å². The summed E-state index contributed by atoms with van der Waals surface area (Å²) in [6.07, 6.45) is -7.76. The Labute approximate surface area is 197 Å². The average Bonchev–Trinajstić information content (AvgIpc) is 2.76. The van der Waals surface area contributed by atoms with Crippen LogP contribution in [0.25, 0.3) is 22.3 Å². The normalized spacial score (nSPS) is 24.2. The molecule has 10 N–H and O–H groups in total. The van der Waals surface area contributed by atoms with Crippen molar-refractivity contribution in [3.05, 3.63) is 36.4 Å². The lowest BCUT2D eigenvalue weighted by Crippen LogP contribution is -2.60. The Kier molecular flexibility index (Phi) is 8.34. The number of hydrogen-bond donors (Lipinski definition) is 8. The number of halogens is 1. The van der Waals surface area contributed by atoms with Gasteiger partial charge in [0.25, 0.3) is 0 Å². The largest absolute Gasteiger partial charge is 0.507 e. The zero-order valence-corrected chi connectivity index (χ0v) is 18.1. The van der Waals surface area contributed by atoms with Crippen molar-refractivity contribution in [2.24, 2.45) is 0 Å². The van der Waals surface area contributed by atoms with Crippen molar-refractivity contribution in [3.63, 3.8) is 0 Å². The summed E-state index contributed by atoms with van der Waals surface area (Å²) >= 11 is 0. The van der Waals surface area contributed by atoms with Crippen molar-refractivity contribution in [2.75, 3.05) is 6.61 Å². The molecule has 0 amide bonds. The number of benzene rings is 2. The summed E-state index contributed by atoms with van der Waals surface area (Å²) in [5.74, 6) is -1.64. The van der Waals surface area contributed by atoms with E-state index < -0.39 is 43.1 Å².